The number of halogens is 1. The Labute approximate surface area is 138 Å². The molecule has 0 spiro atoms. The molecule has 8 heteroatoms. The molecule has 4 N–H and O–H groups in total. The van der Waals surface area contributed by atoms with Gasteiger partial charge in [-0.25, -0.2) is 9.78 Å². The van der Waals surface area contributed by atoms with E-state index in [0.717, 1.165) is 24.1 Å². The van der Waals surface area contributed by atoms with Crippen molar-refractivity contribution in [2.24, 2.45) is 0 Å². The number of aromatic nitrogens is 2. The van der Waals surface area contributed by atoms with Gasteiger partial charge in [0, 0.05) is 22.7 Å². The summed E-state index contributed by atoms with van der Waals surface area (Å²) in [5.41, 5.74) is 4.27. The Morgan fingerprint density at radius 3 is 2.70 bits per heavy atom. The van der Waals surface area contributed by atoms with Gasteiger partial charge in [-0.05, 0) is 43.5 Å². The summed E-state index contributed by atoms with van der Waals surface area (Å²) >= 11 is 5.95. The predicted molar refractivity (Wildman–Crippen MR) is 88.2 cm³/mol. The van der Waals surface area contributed by atoms with Gasteiger partial charge in [-0.15, -0.1) is 0 Å². The van der Waals surface area contributed by atoms with Crippen LogP contribution < -0.4 is 16.1 Å². The zero-order chi connectivity index (χ0) is 16.4. The van der Waals surface area contributed by atoms with Crippen molar-refractivity contribution in [3.05, 3.63) is 40.5 Å². The van der Waals surface area contributed by atoms with E-state index in [-0.39, 0.29) is 11.8 Å². The van der Waals surface area contributed by atoms with Gasteiger partial charge in [-0.2, -0.15) is 4.98 Å². The Morgan fingerprint density at radius 2 is 2.04 bits per heavy atom. The molecule has 120 valence electrons. The summed E-state index contributed by atoms with van der Waals surface area (Å²) in [6, 6.07) is 6.39. The first kappa shape index (κ1) is 15.5. The molecule has 0 radical (unpaired) electrons. The molecular formula is C15H16ClN5O2. The average molecular weight is 334 g/mol. The molecule has 0 bridgehead atoms. The summed E-state index contributed by atoms with van der Waals surface area (Å²) < 4.78 is 0. The topological polar surface area (TPSA) is 99.2 Å². The molecule has 1 saturated carbocycles. The first-order valence-electron chi connectivity index (χ1n) is 7.18. The van der Waals surface area contributed by atoms with E-state index in [2.05, 4.69) is 20.6 Å². The Bertz CT molecular complexity index is 749. The van der Waals surface area contributed by atoms with Gasteiger partial charge in [0.15, 0.2) is 5.82 Å². The van der Waals surface area contributed by atoms with Gasteiger partial charge in [0.2, 0.25) is 5.95 Å². The van der Waals surface area contributed by atoms with E-state index >= 15 is 0 Å². The van der Waals surface area contributed by atoms with Crippen molar-refractivity contribution >= 4 is 35.1 Å². The smallest absolute Gasteiger partial charge is 0.308 e. The number of carbonyl (C=O) groups is 1. The van der Waals surface area contributed by atoms with Crippen LogP contribution in [0.4, 0.5) is 22.2 Å². The molecule has 3 rings (SSSR count). The van der Waals surface area contributed by atoms with Crippen LogP contribution in [-0.2, 0) is 0 Å². The van der Waals surface area contributed by atoms with E-state index in [1.165, 1.54) is 0 Å². The van der Waals surface area contributed by atoms with Crippen LogP contribution >= 0.6 is 11.6 Å². The van der Waals surface area contributed by atoms with E-state index < -0.39 is 6.03 Å². The maximum atomic E-state index is 12.1. The van der Waals surface area contributed by atoms with E-state index in [4.69, 9.17) is 16.8 Å². The van der Waals surface area contributed by atoms with Crippen LogP contribution in [0.25, 0.3) is 0 Å². The van der Waals surface area contributed by atoms with Crippen LogP contribution in [0.15, 0.2) is 24.3 Å². The van der Waals surface area contributed by atoms with Crippen molar-refractivity contribution in [3.63, 3.8) is 0 Å². The highest BCUT2D eigenvalue weighted by Gasteiger charge is 2.26. The number of anilines is 3. The molecule has 0 unspecified atom stereocenters. The van der Waals surface area contributed by atoms with Crippen LogP contribution in [0.1, 0.15) is 30.0 Å². The van der Waals surface area contributed by atoms with Crippen molar-refractivity contribution in [1.82, 2.24) is 9.97 Å². The zero-order valence-corrected chi connectivity index (χ0v) is 13.2. The van der Waals surface area contributed by atoms with Crippen LogP contribution in [0.5, 0.6) is 0 Å². The third kappa shape index (κ3) is 3.88. The first-order valence-corrected chi connectivity index (χ1v) is 7.56. The Kier molecular flexibility index (Phi) is 4.31. The van der Waals surface area contributed by atoms with Crippen molar-refractivity contribution in [2.45, 2.75) is 25.7 Å². The number of amides is 2. The molecule has 1 aromatic carbocycles. The third-order valence-corrected chi connectivity index (χ3v) is 3.92. The third-order valence-electron chi connectivity index (χ3n) is 3.50. The Morgan fingerprint density at radius 1 is 1.26 bits per heavy atom. The van der Waals surface area contributed by atoms with Gasteiger partial charge in [-0.3, -0.25) is 16.0 Å². The fourth-order valence-electron chi connectivity index (χ4n) is 2.15. The average Bonchev–Trinajstić information content (AvgIpc) is 3.35. The molecule has 7 nitrogen and oxygen atoms in total. The lowest BCUT2D eigenvalue weighted by Crippen LogP contribution is -2.21. The lowest BCUT2D eigenvalue weighted by atomic mass is 10.2. The van der Waals surface area contributed by atoms with E-state index in [1.807, 2.05) is 12.4 Å². The first-order chi connectivity index (χ1) is 11.0. The van der Waals surface area contributed by atoms with Crippen molar-refractivity contribution in [2.75, 3.05) is 16.1 Å². The summed E-state index contributed by atoms with van der Waals surface area (Å²) in [5, 5.41) is 14.9. The molecule has 0 atom stereocenters. The monoisotopic (exact) mass is 333 g/mol. The van der Waals surface area contributed by atoms with Gasteiger partial charge in [-0.1, -0.05) is 11.6 Å². The lowest BCUT2D eigenvalue weighted by Gasteiger charge is -2.10. The summed E-state index contributed by atoms with van der Waals surface area (Å²) in [4.78, 5) is 20.4. The molecule has 2 amide bonds. The molecule has 1 aromatic heterocycles. The SMILES string of the molecule is Cc1cc(NC(=O)Nc2nc(NO)cc(C3CC3)n2)ccc1Cl. The minimum absolute atomic E-state index is 0.133. The van der Waals surface area contributed by atoms with Crippen LogP contribution in [0, 0.1) is 6.92 Å². The lowest BCUT2D eigenvalue weighted by molar-refractivity contribution is 0.262. The summed E-state index contributed by atoms with van der Waals surface area (Å²) in [7, 11) is 0. The largest absolute Gasteiger partial charge is 0.326 e. The molecule has 1 aliphatic carbocycles. The van der Waals surface area contributed by atoms with Crippen molar-refractivity contribution in [3.8, 4) is 0 Å². The maximum absolute atomic E-state index is 12.1. The molecule has 1 heterocycles. The number of carbonyl (C=O) groups excluding carboxylic acids is 1. The zero-order valence-electron chi connectivity index (χ0n) is 12.4. The highest BCUT2D eigenvalue weighted by Crippen LogP contribution is 2.39. The quantitative estimate of drug-likeness (QED) is 0.638. The van der Waals surface area contributed by atoms with Crippen molar-refractivity contribution < 1.29 is 10.0 Å². The second kappa shape index (κ2) is 6.39. The number of hydrogen-bond donors (Lipinski definition) is 4. The van der Waals surface area contributed by atoms with Crippen LogP contribution in [0.2, 0.25) is 5.02 Å². The van der Waals surface area contributed by atoms with Crippen LogP contribution in [0.3, 0.4) is 0 Å². The summed E-state index contributed by atoms with van der Waals surface area (Å²) in [5.74, 6) is 0.751. The molecule has 23 heavy (non-hydrogen) atoms. The molecule has 0 saturated heterocycles. The van der Waals surface area contributed by atoms with Gasteiger partial charge >= 0.3 is 6.03 Å². The standard InChI is InChI=1S/C15H16ClN5O2/c1-8-6-10(4-5-11(8)16)17-15(22)20-14-18-12(9-2-3-9)7-13(19-14)21-23/h4-7,9,23H,2-3H2,1H3,(H3,17,18,19,20,21,22). The summed E-state index contributed by atoms with van der Waals surface area (Å²) in [6.07, 6.45) is 2.11. The minimum Gasteiger partial charge on any atom is -0.308 e. The molecule has 0 aliphatic heterocycles. The Balaban J connectivity index is 1.71. The predicted octanol–water partition coefficient (Wildman–Crippen LogP) is 3.76. The minimum atomic E-state index is -0.469. The van der Waals surface area contributed by atoms with E-state index in [9.17, 15) is 4.79 Å². The number of nitrogens with one attached hydrogen (secondary N) is 3. The molecule has 2 aromatic rings. The maximum Gasteiger partial charge on any atom is 0.326 e. The number of nitrogens with zero attached hydrogens (tertiary/aromatic N) is 2. The highest BCUT2D eigenvalue weighted by molar-refractivity contribution is 6.31. The highest BCUT2D eigenvalue weighted by atomic mass is 35.5. The van der Waals surface area contributed by atoms with Gasteiger partial charge in [0.1, 0.15) is 0 Å². The van der Waals surface area contributed by atoms with Gasteiger partial charge in [0.25, 0.3) is 0 Å². The second-order valence-electron chi connectivity index (χ2n) is 5.43. The van der Waals surface area contributed by atoms with E-state index in [0.29, 0.717) is 16.6 Å². The number of benzene rings is 1. The van der Waals surface area contributed by atoms with Crippen molar-refractivity contribution in [1.29, 1.82) is 0 Å². The number of urea groups is 1. The number of hydrogen-bond acceptors (Lipinski definition) is 5. The fraction of sp³-hybridized carbons (Fsp3) is 0.267. The molecule has 1 fully saturated rings. The number of rotatable bonds is 4. The van der Waals surface area contributed by atoms with Crippen LogP contribution in [-0.4, -0.2) is 21.2 Å². The second-order valence-corrected chi connectivity index (χ2v) is 5.84. The fourth-order valence-corrected chi connectivity index (χ4v) is 2.27. The normalized spacial score (nSPS) is 13.5. The molecular weight excluding hydrogens is 318 g/mol. The summed E-state index contributed by atoms with van der Waals surface area (Å²) in [6.45, 7) is 1.85. The van der Waals surface area contributed by atoms with E-state index in [1.54, 1.807) is 24.3 Å². The van der Waals surface area contributed by atoms with Gasteiger partial charge < -0.3 is 5.32 Å². The Hall–Kier alpha value is -2.38. The molecule has 1 aliphatic rings. The van der Waals surface area contributed by atoms with Gasteiger partial charge in [0.05, 0.1) is 5.69 Å². The number of aryl methyl sites for hydroxylation is 1.